The second-order valence-electron chi connectivity index (χ2n) is 7.50. The lowest BCUT2D eigenvalue weighted by Crippen LogP contribution is -2.42. The summed E-state index contributed by atoms with van der Waals surface area (Å²) in [6, 6.07) is 7.40. The number of rotatable bonds is 7. The van der Waals surface area contributed by atoms with E-state index in [-0.39, 0.29) is 12.5 Å². The first-order chi connectivity index (χ1) is 13.2. The van der Waals surface area contributed by atoms with E-state index in [2.05, 4.69) is 15.7 Å². The molecular formula is C21H27N3O3. The number of aromatic nitrogens is 2. The van der Waals surface area contributed by atoms with E-state index < -0.39 is 0 Å². The molecule has 27 heavy (non-hydrogen) atoms. The van der Waals surface area contributed by atoms with Crippen LogP contribution < -0.4 is 9.47 Å². The Morgan fingerprint density at radius 2 is 2.04 bits per heavy atom. The number of carbonyl (C=O) groups is 1. The fourth-order valence-corrected chi connectivity index (χ4v) is 3.80. The summed E-state index contributed by atoms with van der Waals surface area (Å²) < 4.78 is 13.3. The highest BCUT2D eigenvalue weighted by atomic mass is 16.5. The van der Waals surface area contributed by atoms with Gasteiger partial charge in [0, 0.05) is 37.9 Å². The van der Waals surface area contributed by atoms with Crippen LogP contribution in [0, 0.1) is 5.92 Å². The number of methoxy groups -OCH3 is 1. The summed E-state index contributed by atoms with van der Waals surface area (Å²) in [6.07, 6.45) is 8.71. The van der Waals surface area contributed by atoms with Crippen LogP contribution in [0.4, 0.5) is 0 Å². The first-order valence-corrected chi connectivity index (χ1v) is 9.79. The number of hydrogen-bond acceptors (Lipinski definition) is 4. The number of imidazole rings is 1. The van der Waals surface area contributed by atoms with Gasteiger partial charge in [-0.3, -0.25) is 4.79 Å². The topological polar surface area (TPSA) is 56.6 Å². The molecule has 0 radical (unpaired) electrons. The van der Waals surface area contributed by atoms with Gasteiger partial charge >= 0.3 is 0 Å². The second-order valence-corrected chi connectivity index (χ2v) is 7.50. The van der Waals surface area contributed by atoms with Gasteiger partial charge in [0.2, 0.25) is 0 Å². The molecule has 6 nitrogen and oxygen atoms in total. The minimum atomic E-state index is 0.0194. The van der Waals surface area contributed by atoms with Crippen LogP contribution in [-0.4, -0.2) is 47.2 Å². The zero-order valence-electron chi connectivity index (χ0n) is 15.8. The third-order valence-corrected chi connectivity index (χ3v) is 5.46. The Labute approximate surface area is 160 Å². The lowest BCUT2D eigenvalue weighted by atomic mass is 9.97. The van der Waals surface area contributed by atoms with Crippen LogP contribution in [0.15, 0.2) is 36.7 Å². The minimum Gasteiger partial charge on any atom is -0.493 e. The van der Waals surface area contributed by atoms with Crippen molar-refractivity contribution in [2.75, 3.05) is 26.8 Å². The molecule has 0 bridgehead atoms. The minimum absolute atomic E-state index is 0.0194. The Morgan fingerprint density at radius 1 is 1.22 bits per heavy atom. The van der Waals surface area contributed by atoms with Gasteiger partial charge < -0.3 is 18.9 Å². The van der Waals surface area contributed by atoms with Crippen molar-refractivity contribution < 1.29 is 14.3 Å². The molecule has 144 valence electrons. The van der Waals surface area contributed by atoms with Crippen molar-refractivity contribution in [1.82, 2.24) is 14.5 Å². The molecule has 2 aromatic rings. The molecule has 0 N–H and O–H groups in total. The molecule has 1 aliphatic carbocycles. The largest absolute Gasteiger partial charge is 0.493 e. The van der Waals surface area contributed by atoms with E-state index in [4.69, 9.17) is 9.47 Å². The molecule has 1 aliphatic heterocycles. The molecule has 4 rings (SSSR count). The van der Waals surface area contributed by atoms with Crippen LogP contribution in [0.3, 0.4) is 0 Å². The van der Waals surface area contributed by atoms with Crippen LogP contribution in [0.1, 0.15) is 37.4 Å². The van der Waals surface area contributed by atoms with Gasteiger partial charge in [0.15, 0.2) is 18.1 Å². The summed E-state index contributed by atoms with van der Waals surface area (Å²) in [5.74, 6) is 3.51. The Kier molecular flexibility index (Phi) is 5.32. The first-order valence-electron chi connectivity index (χ1n) is 9.79. The molecule has 1 aromatic heterocycles. The summed E-state index contributed by atoms with van der Waals surface area (Å²) >= 11 is 0. The molecule has 6 heteroatoms. The van der Waals surface area contributed by atoms with E-state index in [0.717, 1.165) is 44.2 Å². The monoisotopic (exact) mass is 369 g/mol. The van der Waals surface area contributed by atoms with Crippen molar-refractivity contribution in [2.24, 2.45) is 5.92 Å². The van der Waals surface area contributed by atoms with Crippen molar-refractivity contribution in [3.05, 3.63) is 42.5 Å². The summed E-state index contributed by atoms with van der Waals surface area (Å²) in [4.78, 5) is 19.2. The van der Waals surface area contributed by atoms with Gasteiger partial charge in [0.05, 0.1) is 7.11 Å². The normalized spacial score (nSPS) is 19.7. The number of ether oxygens (including phenoxy) is 2. The van der Waals surface area contributed by atoms with Gasteiger partial charge in [-0.1, -0.05) is 12.1 Å². The average molecular weight is 369 g/mol. The molecule has 2 fully saturated rings. The quantitative estimate of drug-likeness (QED) is 0.753. The molecule has 1 atom stereocenters. The molecule has 1 saturated heterocycles. The number of hydrogen-bond donors (Lipinski definition) is 0. The molecular weight excluding hydrogens is 342 g/mol. The smallest absolute Gasteiger partial charge is 0.260 e. The number of amides is 1. The third kappa shape index (κ3) is 4.26. The number of benzene rings is 1. The van der Waals surface area contributed by atoms with Crippen LogP contribution in [-0.2, 0) is 11.3 Å². The molecule has 1 saturated carbocycles. The lowest BCUT2D eigenvalue weighted by molar-refractivity contribution is -0.134. The Balaban J connectivity index is 1.36. The van der Waals surface area contributed by atoms with Crippen molar-refractivity contribution >= 4 is 5.91 Å². The SMILES string of the molecule is COc1ccccc1OCC(=O)N1CCC[C@@H](c2nccn2CC2CC2)C1. The average Bonchev–Trinajstić information content (AvgIpc) is 3.41. The van der Waals surface area contributed by atoms with Gasteiger partial charge in [-0.2, -0.15) is 0 Å². The van der Waals surface area contributed by atoms with E-state index in [1.807, 2.05) is 35.4 Å². The highest BCUT2D eigenvalue weighted by Gasteiger charge is 2.29. The van der Waals surface area contributed by atoms with E-state index >= 15 is 0 Å². The first kappa shape index (κ1) is 17.9. The summed E-state index contributed by atoms with van der Waals surface area (Å²) in [5, 5.41) is 0. The number of para-hydroxylation sites is 2. The van der Waals surface area contributed by atoms with E-state index in [1.54, 1.807) is 7.11 Å². The summed E-state index contributed by atoms with van der Waals surface area (Å²) in [5.41, 5.74) is 0. The molecule has 2 heterocycles. The van der Waals surface area contributed by atoms with Crippen molar-refractivity contribution in [3.63, 3.8) is 0 Å². The zero-order valence-corrected chi connectivity index (χ0v) is 15.8. The highest BCUT2D eigenvalue weighted by molar-refractivity contribution is 5.78. The third-order valence-electron chi connectivity index (χ3n) is 5.46. The van der Waals surface area contributed by atoms with Crippen molar-refractivity contribution in [3.8, 4) is 11.5 Å². The van der Waals surface area contributed by atoms with Crippen LogP contribution >= 0.6 is 0 Å². The predicted octanol–water partition coefficient (Wildman–Crippen LogP) is 3.09. The molecule has 1 amide bonds. The second kappa shape index (κ2) is 8.03. The van der Waals surface area contributed by atoms with Crippen LogP contribution in [0.2, 0.25) is 0 Å². The van der Waals surface area contributed by atoms with E-state index in [1.165, 1.54) is 12.8 Å². The maximum Gasteiger partial charge on any atom is 0.260 e. The van der Waals surface area contributed by atoms with Crippen molar-refractivity contribution in [2.45, 2.75) is 38.1 Å². The van der Waals surface area contributed by atoms with Gasteiger partial charge in [0.1, 0.15) is 5.82 Å². The van der Waals surface area contributed by atoms with Crippen LogP contribution in [0.5, 0.6) is 11.5 Å². The standard InChI is InChI=1S/C21H27N3O3/c1-26-18-6-2-3-7-19(18)27-15-20(25)23-11-4-5-17(14-23)21-22-10-12-24(21)13-16-8-9-16/h2-3,6-7,10,12,16-17H,4-5,8-9,11,13-15H2,1H3/t17-/m1/s1. The predicted molar refractivity (Wildman–Crippen MR) is 102 cm³/mol. The number of nitrogens with zero attached hydrogens (tertiary/aromatic N) is 3. The molecule has 0 spiro atoms. The molecule has 2 aliphatic rings. The Hall–Kier alpha value is -2.50. The molecule has 0 unspecified atom stereocenters. The highest BCUT2D eigenvalue weighted by Crippen LogP contribution is 2.33. The summed E-state index contributed by atoms with van der Waals surface area (Å²) in [7, 11) is 1.60. The van der Waals surface area contributed by atoms with Crippen LogP contribution in [0.25, 0.3) is 0 Å². The maximum atomic E-state index is 12.7. The van der Waals surface area contributed by atoms with Gasteiger partial charge in [-0.15, -0.1) is 0 Å². The number of likely N-dealkylation sites (tertiary alicyclic amines) is 1. The molecule has 1 aromatic carbocycles. The zero-order chi connectivity index (χ0) is 18.6. The fraction of sp³-hybridized carbons (Fsp3) is 0.524. The Bertz CT molecular complexity index is 784. The number of carbonyl (C=O) groups excluding carboxylic acids is 1. The lowest BCUT2D eigenvalue weighted by Gasteiger charge is -2.32. The van der Waals surface area contributed by atoms with Gasteiger partial charge in [0.25, 0.3) is 5.91 Å². The van der Waals surface area contributed by atoms with Gasteiger partial charge in [-0.25, -0.2) is 4.98 Å². The van der Waals surface area contributed by atoms with Crippen molar-refractivity contribution in [1.29, 1.82) is 0 Å². The van der Waals surface area contributed by atoms with Gasteiger partial charge in [-0.05, 0) is 43.7 Å². The Morgan fingerprint density at radius 3 is 2.81 bits per heavy atom. The van der Waals surface area contributed by atoms with E-state index in [9.17, 15) is 4.79 Å². The fourth-order valence-electron chi connectivity index (χ4n) is 3.80. The maximum absolute atomic E-state index is 12.7. The van der Waals surface area contributed by atoms with E-state index in [0.29, 0.717) is 17.4 Å². The number of piperidine rings is 1. The summed E-state index contributed by atoms with van der Waals surface area (Å²) in [6.45, 7) is 2.60.